The van der Waals surface area contributed by atoms with Crippen molar-refractivity contribution in [1.29, 1.82) is 0 Å². The van der Waals surface area contributed by atoms with E-state index in [-0.39, 0.29) is 0 Å². The van der Waals surface area contributed by atoms with Crippen LogP contribution in [0.2, 0.25) is 5.02 Å². The van der Waals surface area contributed by atoms with Crippen molar-refractivity contribution in [2.45, 2.75) is 39.2 Å². The molecule has 1 aromatic rings. The van der Waals surface area contributed by atoms with Gasteiger partial charge in [0.25, 0.3) is 0 Å². The highest BCUT2D eigenvalue weighted by atomic mass is 35.5. The van der Waals surface area contributed by atoms with E-state index in [0.29, 0.717) is 6.04 Å². The lowest BCUT2D eigenvalue weighted by Crippen LogP contribution is -2.39. The smallest absolute Gasteiger partial charge is 0.190 e. The number of benzene rings is 1. The lowest BCUT2D eigenvalue weighted by Gasteiger charge is -2.20. The summed E-state index contributed by atoms with van der Waals surface area (Å²) >= 11 is 6.16. The van der Waals surface area contributed by atoms with Gasteiger partial charge >= 0.3 is 0 Å². The van der Waals surface area contributed by atoms with E-state index < -0.39 is 0 Å². The number of nitrogens with one attached hydrogen (secondary N) is 2. The van der Waals surface area contributed by atoms with Crippen LogP contribution >= 0.6 is 11.6 Å². The fourth-order valence-corrected chi connectivity index (χ4v) is 2.42. The molecule has 0 unspecified atom stereocenters. The standard InChI is InChI=1S/C18H31ClN4/c1-15(2)23(4)14-8-7-12-21-18(20-3)22-13-11-16-9-5-6-10-17(16)19/h5-6,9-10,15H,7-8,11-14H2,1-4H3,(H2,20,21,22). The number of unbranched alkanes of at least 4 members (excludes halogenated alkanes) is 1. The number of nitrogens with zero attached hydrogens (tertiary/aromatic N) is 2. The average Bonchev–Trinajstić information content (AvgIpc) is 2.54. The number of rotatable bonds is 9. The Kier molecular flexibility index (Phi) is 9.72. The molecule has 0 aromatic heterocycles. The molecule has 2 N–H and O–H groups in total. The second-order valence-electron chi connectivity index (χ2n) is 6.05. The van der Waals surface area contributed by atoms with Crippen LogP contribution < -0.4 is 10.6 Å². The molecule has 0 aliphatic heterocycles. The first-order chi connectivity index (χ1) is 11.0. The van der Waals surface area contributed by atoms with Crippen molar-refractivity contribution < 1.29 is 0 Å². The monoisotopic (exact) mass is 338 g/mol. The molecule has 0 aliphatic rings. The van der Waals surface area contributed by atoms with Crippen molar-refractivity contribution in [3.05, 3.63) is 34.9 Å². The summed E-state index contributed by atoms with van der Waals surface area (Å²) in [5.41, 5.74) is 1.16. The van der Waals surface area contributed by atoms with Crippen LogP contribution in [0.25, 0.3) is 0 Å². The first-order valence-electron chi connectivity index (χ1n) is 8.42. The van der Waals surface area contributed by atoms with Gasteiger partial charge < -0.3 is 15.5 Å². The average molecular weight is 339 g/mol. The van der Waals surface area contributed by atoms with Gasteiger partial charge in [0.2, 0.25) is 0 Å². The Hall–Kier alpha value is -1.26. The molecule has 0 radical (unpaired) electrons. The maximum absolute atomic E-state index is 6.16. The molecule has 0 spiro atoms. The van der Waals surface area contributed by atoms with Gasteiger partial charge in [0.1, 0.15) is 0 Å². The number of guanidine groups is 1. The Morgan fingerprint density at radius 1 is 1.17 bits per heavy atom. The molecule has 5 heteroatoms. The number of hydrogen-bond donors (Lipinski definition) is 2. The normalized spacial score (nSPS) is 12.0. The van der Waals surface area contributed by atoms with Crippen LogP contribution in [0, 0.1) is 0 Å². The van der Waals surface area contributed by atoms with Crippen molar-refractivity contribution in [2.24, 2.45) is 4.99 Å². The minimum absolute atomic E-state index is 0.613. The summed E-state index contributed by atoms with van der Waals surface area (Å²) < 4.78 is 0. The predicted octanol–water partition coefficient (Wildman–Crippen LogP) is 3.17. The molecular weight excluding hydrogens is 308 g/mol. The third-order valence-corrected chi connectivity index (χ3v) is 4.35. The lowest BCUT2D eigenvalue weighted by molar-refractivity contribution is 0.268. The van der Waals surface area contributed by atoms with E-state index in [2.05, 4.69) is 47.5 Å². The van der Waals surface area contributed by atoms with Crippen LogP contribution in [0.5, 0.6) is 0 Å². The van der Waals surface area contributed by atoms with Crippen molar-refractivity contribution in [3.8, 4) is 0 Å². The van der Waals surface area contributed by atoms with Gasteiger partial charge in [-0.25, -0.2) is 0 Å². The molecule has 0 saturated carbocycles. The highest BCUT2D eigenvalue weighted by Crippen LogP contribution is 2.14. The molecule has 1 rings (SSSR count). The number of aliphatic imine (C=N–C) groups is 1. The van der Waals surface area contributed by atoms with Crippen molar-refractivity contribution >= 4 is 17.6 Å². The topological polar surface area (TPSA) is 39.7 Å². The highest BCUT2D eigenvalue weighted by Gasteiger charge is 2.03. The Morgan fingerprint density at radius 3 is 2.52 bits per heavy atom. The van der Waals surface area contributed by atoms with E-state index in [1.807, 2.05) is 18.2 Å². The van der Waals surface area contributed by atoms with Crippen LogP contribution in [0.3, 0.4) is 0 Å². The van der Waals surface area contributed by atoms with E-state index in [0.717, 1.165) is 49.0 Å². The summed E-state index contributed by atoms with van der Waals surface area (Å²) in [4.78, 5) is 6.63. The van der Waals surface area contributed by atoms with Crippen LogP contribution in [-0.2, 0) is 6.42 Å². The Balaban J connectivity index is 2.16. The summed E-state index contributed by atoms with van der Waals surface area (Å²) in [5, 5.41) is 7.52. The molecular formula is C18H31ClN4. The molecule has 1 aromatic carbocycles. The SMILES string of the molecule is CN=C(NCCCCN(C)C(C)C)NCCc1ccccc1Cl. The maximum atomic E-state index is 6.16. The van der Waals surface area contributed by atoms with E-state index in [9.17, 15) is 0 Å². The van der Waals surface area contributed by atoms with E-state index >= 15 is 0 Å². The van der Waals surface area contributed by atoms with Crippen LogP contribution in [-0.4, -0.2) is 50.6 Å². The lowest BCUT2D eigenvalue weighted by atomic mass is 10.1. The van der Waals surface area contributed by atoms with Gasteiger partial charge in [0, 0.05) is 31.2 Å². The summed E-state index contributed by atoms with van der Waals surface area (Å²) in [6, 6.07) is 8.57. The molecule has 0 aliphatic carbocycles. The zero-order valence-corrected chi connectivity index (χ0v) is 15.7. The molecule has 0 fully saturated rings. The van der Waals surface area contributed by atoms with Gasteiger partial charge in [-0.05, 0) is 58.3 Å². The summed E-state index contributed by atoms with van der Waals surface area (Å²) in [7, 11) is 3.98. The molecule has 23 heavy (non-hydrogen) atoms. The minimum Gasteiger partial charge on any atom is -0.356 e. The Labute approximate surface area is 146 Å². The van der Waals surface area contributed by atoms with Crippen molar-refractivity contribution in [3.63, 3.8) is 0 Å². The van der Waals surface area contributed by atoms with Crippen molar-refractivity contribution in [1.82, 2.24) is 15.5 Å². The fourth-order valence-electron chi connectivity index (χ4n) is 2.19. The summed E-state index contributed by atoms with van der Waals surface area (Å²) in [6.07, 6.45) is 3.22. The first kappa shape index (κ1) is 19.8. The number of hydrogen-bond acceptors (Lipinski definition) is 2. The predicted molar refractivity (Wildman–Crippen MR) is 102 cm³/mol. The van der Waals surface area contributed by atoms with Gasteiger partial charge in [-0.15, -0.1) is 0 Å². The third-order valence-electron chi connectivity index (χ3n) is 3.98. The Morgan fingerprint density at radius 2 is 1.87 bits per heavy atom. The van der Waals surface area contributed by atoms with Crippen LogP contribution in [0.15, 0.2) is 29.3 Å². The molecule has 130 valence electrons. The van der Waals surface area contributed by atoms with Crippen LogP contribution in [0.4, 0.5) is 0 Å². The van der Waals surface area contributed by atoms with E-state index in [1.165, 1.54) is 6.42 Å². The molecule has 0 atom stereocenters. The molecule has 0 amide bonds. The highest BCUT2D eigenvalue weighted by molar-refractivity contribution is 6.31. The van der Waals surface area contributed by atoms with Gasteiger partial charge in [0.15, 0.2) is 5.96 Å². The number of halogens is 1. The molecule has 4 nitrogen and oxygen atoms in total. The first-order valence-corrected chi connectivity index (χ1v) is 8.80. The Bertz CT molecular complexity index is 474. The molecule has 0 bridgehead atoms. The second-order valence-corrected chi connectivity index (χ2v) is 6.46. The zero-order valence-electron chi connectivity index (χ0n) is 14.9. The van der Waals surface area contributed by atoms with Gasteiger partial charge in [-0.2, -0.15) is 0 Å². The van der Waals surface area contributed by atoms with Crippen LogP contribution in [0.1, 0.15) is 32.3 Å². The van der Waals surface area contributed by atoms with Gasteiger partial charge in [-0.1, -0.05) is 29.8 Å². The fraction of sp³-hybridized carbons (Fsp3) is 0.611. The van der Waals surface area contributed by atoms with E-state index in [4.69, 9.17) is 11.6 Å². The minimum atomic E-state index is 0.613. The van der Waals surface area contributed by atoms with Crippen molar-refractivity contribution in [2.75, 3.05) is 33.7 Å². The van der Waals surface area contributed by atoms with Gasteiger partial charge in [-0.3, -0.25) is 4.99 Å². The summed E-state index contributed by atoms with van der Waals surface area (Å²) in [6.45, 7) is 7.35. The van der Waals surface area contributed by atoms with E-state index in [1.54, 1.807) is 7.05 Å². The molecule has 0 saturated heterocycles. The zero-order chi connectivity index (χ0) is 17.1. The molecule has 0 heterocycles. The third kappa shape index (κ3) is 8.24. The largest absolute Gasteiger partial charge is 0.356 e. The quantitative estimate of drug-likeness (QED) is 0.413. The summed E-state index contributed by atoms with van der Waals surface area (Å²) in [5.74, 6) is 0.856. The second kappa shape index (κ2) is 11.3. The maximum Gasteiger partial charge on any atom is 0.190 e. The van der Waals surface area contributed by atoms with Gasteiger partial charge in [0.05, 0.1) is 0 Å².